The quantitative estimate of drug-likeness (QED) is 0.173. The predicted octanol–water partition coefficient (Wildman–Crippen LogP) is 0.245. The molecular formula is C23H22N6O5S3. The number of carboxylic acid groups (broad SMARTS) is 1. The third-order valence-electron chi connectivity index (χ3n) is 5.99. The molecule has 2 aliphatic heterocycles. The van der Waals surface area contributed by atoms with Crippen LogP contribution in [0.1, 0.15) is 17.5 Å². The van der Waals surface area contributed by atoms with Gasteiger partial charge < -0.3 is 25.8 Å². The van der Waals surface area contributed by atoms with Crippen LogP contribution in [-0.4, -0.2) is 57.7 Å². The molecule has 0 bridgehead atoms. The number of aryl methyl sites for hydroxylation is 1. The van der Waals surface area contributed by atoms with E-state index in [1.807, 2.05) is 22.9 Å². The zero-order valence-electron chi connectivity index (χ0n) is 19.8. The highest BCUT2D eigenvalue weighted by Gasteiger charge is 2.53. The SMILES string of the molecule is CCc1cc2ccc[n+](CC3=C(C(=O)[O-])N4C(=O)C(NC(=O)C(=NOC)c5csc(N)n5)[C@H]4SC3)c2s1. The topological polar surface area (TPSA) is 154 Å². The molecule has 14 heteroatoms. The highest BCUT2D eigenvalue weighted by Crippen LogP contribution is 2.40. The van der Waals surface area contributed by atoms with Gasteiger partial charge in [0.05, 0.1) is 17.1 Å². The van der Waals surface area contributed by atoms with Crippen molar-refractivity contribution in [2.24, 2.45) is 5.16 Å². The number of nitrogen functional groups attached to an aromatic ring is 1. The van der Waals surface area contributed by atoms with Crippen molar-refractivity contribution in [3.05, 3.63) is 51.6 Å². The van der Waals surface area contributed by atoms with Gasteiger partial charge in [0.1, 0.15) is 24.2 Å². The smallest absolute Gasteiger partial charge is 0.276 e. The molecule has 2 amide bonds. The number of anilines is 1. The van der Waals surface area contributed by atoms with Crippen LogP contribution >= 0.6 is 34.4 Å². The van der Waals surface area contributed by atoms with Crippen molar-refractivity contribution < 1.29 is 28.9 Å². The van der Waals surface area contributed by atoms with E-state index in [-0.39, 0.29) is 22.2 Å². The van der Waals surface area contributed by atoms with Crippen LogP contribution in [0.4, 0.5) is 5.13 Å². The number of carboxylic acids is 1. The second-order valence-corrected chi connectivity index (χ2v) is 11.4. The van der Waals surface area contributed by atoms with Crippen LogP contribution in [0.2, 0.25) is 0 Å². The number of β-lactam (4-membered cyclic amide) rings is 1. The number of amides is 2. The maximum absolute atomic E-state index is 13.1. The van der Waals surface area contributed by atoms with Crippen molar-refractivity contribution in [1.29, 1.82) is 0 Å². The molecular weight excluding hydrogens is 536 g/mol. The van der Waals surface area contributed by atoms with E-state index in [1.54, 1.807) is 16.7 Å². The number of rotatable bonds is 8. The van der Waals surface area contributed by atoms with Crippen molar-refractivity contribution in [3.8, 4) is 0 Å². The summed E-state index contributed by atoms with van der Waals surface area (Å²) in [5, 5.41) is 20.9. The number of pyridine rings is 1. The monoisotopic (exact) mass is 558 g/mol. The van der Waals surface area contributed by atoms with Crippen molar-refractivity contribution >= 4 is 73.3 Å². The lowest BCUT2D eigenvalue weighted by molar-refractivity contribution is -0.661. The Kier molecular flexibility index (Phi) is 6.88. The van der Waals surface area contributed by atoms with Crippen molar-refractivity contribution in [3.63, 3.8) is 0 Å². The second kappa shape index (κ2) is 10.1. The van der Waals surface area contributed by atoms with E-state index in [0.29, 0.717) is 17.9 Å². The molecule has 37 heavy (non-hydrogen) atoms. The Hall–Kier alpha value is -3.49. The lowest BCUT2D eigenvalue weighted by atomic mass is 10.0. The number of aromatic nitrogens is 2. The summed E-state index contributed by atoms with van der Waals surface area (Å²) in [4.78, 5) is 50.5. The number of hydrogen-bond donors (Lipinski definition) is 2. The molecule has 3 aromatic heterocycles. The normalized spacial score (nSPS) is 19.6. The maximum Gasteiger partial charge on any atom is 0.276 e. The third kappa shape index (κ3) is 4.55. The van der Waals surface area contributed by atoms with Gasteiger partial charge in [-0.05, 0) is 18.6 Å². The van der Waals surface area contributed by atoms with E-state index in [2.05, 4.69) is 28.4 Å². The lowest BCUT2D eigenvalue weighted by Gasteiger charge is -2.50. The summed E-state index contributed by atoms with van der Waals surface area (Å²) in [7, 11) is 1.28. The number of hydrogen-bond acceptors (Lipinski definition) is 11. The molecule has 2 atom stereocenters. The minimum Gasteiger partial charge on any atom is -0.543 e. The largest absolute Gasteiger partial charge is 0.543 e. The maximum atomic E-state index is 13.1. The van der Waals surface area contributed by atoms with E-state index in [0.717, 1.165) is 28.0 Å². The average Bonchev–Trinajstić information content (AvgIpc) is 3.51. The van der Waals surface area contributed by atoms with Gasteiger partial charge in [-0.3, -0.25) is 14.5 Å². The third-order valence-corrected chi connectivity index (χ3v) is 9.34. The molecule has 1 fully saturated rings. The Balaban J connectivity index is 1.38. The van der Waals surface area contributed by atoms with E-state index < -0.39 is 29.2 Å². The zero-order chi connectivity index (χ0) is 26.3. The van der Waals surface area contributed by atoms with Crippen molar-refractivity contribution in [2.75, 3.05) is 18.6 Å². The fourth-order valence-corrected chi connectivity index (χ4v) is 7.26. The first kappa shape index (κ1) is 25.2. The van der Waals surface area contributed by atoms with Gasteiger partial charge in [-0.2, -0.15) is 4.57 Å². The highest BCUT2D eigenvalue weighted by molar-refractivity contribution is 8.00. The number of fused-ring (bicyclic) bond motifs is 2. The predicted molar refractivity (Wildman–Crippen MR) is 139 cm³/mol. The summed E-state index contributed by atoms with van der Waals surface area (Å²) in [6, 6.07) is 5.13. The fraction of sp³-hybridized carbons (Fsp3) is 0.304. The van der Waals surface area contributed by atoms with Gasteiger partial charge in [-0.25, -0.2) is 4.98 Å². The molecule has 0 radical (unpaired) electrons. The van der Waals surface area contributed by atoms with Gasteiger partial charge in [0.25, 0.3) is 16.6 Å². The first-order valence-corrected chi connectivity index (χ1v) is 14.0. The average molecular weight is 559 g/mol. The van der Waals surface area contributed by atoms with Gasteiger partial charge in [0.15, 0.2) is 23.6 Å². The zero-order valence-corrected chi connectivity index (χ0v) is 22.2. The molecule has 5 rings (SSSR count). The number of thiophene rings is 1. The minimum absolute atomic E-state index is 0.134. The van der Waals surface area contributed by atoms with E-state index in [9.17, 15) is 19.5 Å². The molecule has 1 unspecified atom stereocenters. The van der Waals surface area contributed by atoms with Crippen LogP contribution < -0.4 is 20.7 Å². The van der Waals surface area contributed by atoms with Gasteiger partial charge >= 0.3 is 0 Å². The number of oxime groups is 1. The summed E-state index contributed by atoms with van der Waals surface area (Å²) >= 11 is 4.17. The molecule has 0 aliphatic carbocycles. The summed E-state index contributed by atoms with van der Waals surface area (Å²) in [6.45, 7) is 2.39. The first-order chi connectivity index (χ1) is 17.8. The molecule has 3 N–H and O–H groups in total. The van der Waals surface area contributed by atoms with E-state index >= 15 is 0 Å². The Labute approximate surface area is 223 Å². The Morgan fingerprint density at radius 1 is 1.43 bits per heavy atom. The van der Waals surface area contributed by atoms with Crippen LogP contribution in [0.25, 0.3) is 10.2 Å². The van der Waals surface area contributed by atoms with Gasteiger partial charge in [0.2, 0.25) is 0 Å². The molecule has 5 heterocycles. The number of nitrogens with one attached hydrogen (secondary N) is 1. The fourth-order valence-electron chi connectivity index (χ4n) is 4.31. The molecule has 11 nitrogen and oxygen atoms in total. The molecule has 192 valence electrons. The Morgan fingerprint density at radius 2 is 2.24 bits per heavy atom. The number of aliphatic carboxylic acids is 1. The Bertz CT molecular complexity index is 1480. The molecule has 0 spiro atoms. The van der Waals surface area contributed by atoms with Crippen molar-refractivity contribution in [1.82, 2.24) is 15.2 Å². The van der Waals surface area contributed by atoms with Gasteiger partial charge in [-0.1, -0.05) is 23.4 Å². The summed E-state index contributed by atoms with van der Waals surface area (Å²) in [6.07, 6.45) is 2.81. The van der Waals surface area contributed by atoms with Crippen LogP contribution in [0.5, 0.6) is 0 Å². The van der Waals surface area contributed by atoms with Crippen LogP contribution in [0.15, 0.2) is 46.2 Å². The van der Waals surface area contributed by atoms with Gasteiger partial charge in [-0.15, -0.1) is 23.1 Å². The molecule has 3 aromatic rings. The van der Waals surface area contributed by atoms with Crippen LogP contribution in [-0.2, 0) is 32.2 Å². The van der Waals surface area contributed by atoms with E-state index in [4.69, 9.17) is 10.6 Å². The molecule has 1 saturated heterocycles. The van der Waals surface area contributed by atoms with Crippen molar-refractivity contribution in [2.45, 2.75) is 31.3 Å². The van der Waals surface area contributed by atoms with Crippen LogP contribution in [0, 0.1) is 0 Å². The number of thioether (sulfide) groups is 1. The van der Waals surface area contributed by atoms with Crippen LogP contribution in [0.3, 0.4) is 0 Å². The summed E-state index contributed by atoms with van der Waals surface area (Å²) in [5.41, 5.74) is 6.17. The second-order valence-electron chi connectivity index (χ2n) is 8.26. The summed E-state index contributed by atoms with van der Waals surface area (Å²) in [5.74, 6) is -2.28. The standard InChI is InChI=1S/C23H22N6O5S3/c1-3-13-7-11-5-4-6-28(20(11)37-13)8-12-9-35-21-16(19(31)29(21)17(12)22(32)33)26-18(30)15(27-34-2)14-10-36-23(24)25-14/h4-7,10,16,21H,3,8-9H2,1-2H3,(H3-,24,25,26,30,32,33)/t16?,21-/m1/s1. The Morgan fingerprint density at radius 3 is 2.92 bits per heavy atom. The number of carbonyl (C=O) groups is 3. The molecule has 0 aromatic carbocycles. The first-order valence-electron chi connectivity index (χ1n) is 11.2. The minimum atomic E-state index is -1.42. The molecule has 0 saturated carbocycles. The lowest BCUT2D eigenvalue weighted by Crippen LogP contribution is -2.71. The molecule has 2 aliphatic rings. The number of nitrogens with zero attached hydrogens (tertiary/aromatic N) is 4. The van der Waals surface area contributed by atoms with E-state index in [1.165, 1.54) is 28.6 Å². The highest BCUT2D eigenvalue weighted by atomic mass is 32.2. The number of nitrogens with two attached hydrogens (primary N) is 1. The number of thiazole rings is 1. The number of carbonyl (C=O) groups excluding carboxylic acids is 3. The summed E-state index contributed by atoms with van der Waals surface area (Å²) < 4.78 is 1.99. The van der Waals surface area contributed by atoms with Gasteiger partial charge in [0, 0.05) is 27.6 Å².